The SMILES string of the molecule is O=C(OC1(F)CCCCC1)c1ccccc1. The Morgan fingerprint density at radius 2 is 1.75 bits per heavy atom. The zero-order chi connectivity index (χ0) is 11.4. The van der Waals surface area contributed by atoms with E-state index in [1.54, 1.807) is 24.3 Å². The van der Waals surface area contributed by atoms with Gasteiger partial charge in [0.1, 0.15) is 0 Å². The van der Waals surface area contributed by atoms with Crippen molar-refractivity contribution in [2.24, 2.45) is 0 Å². The lowest BCUT2D eigenvalue weighted by Crippen LogP contribution is -2.32. The van der Waals surface area contributed by atoms with Gasteiger partial charge in [-0.3, -0.25) is 0 Å². The third kappa shape index (κ3) is 2.60. The first-order valence-corrected chi connectivity index (χ1v) is 5.67. The molecule has 0 unspecified atom stereocenters. The van der Waals surface area contributed by atoms with Gasteiger partial charge in [-0.25, -0.2) is 4.79 Å². The van der Waals surface area contributed by atoms with E-state index in [2.05, 4.69) is 0 Å². The molecule has 0 radical (unpaired) electrons. The highest BCUT2D eigenvalue weighted by Crippen LogP contribution is 2.33. The second-order valence-electron chi connectivity index (χ2n) is 4.20. The Labute approximate surface area is 94.4 Å². The number of halogens is 1. The fourth-order valence-corrected chi connectivity index (χ4v) is 1.98. The number of carbonyl (C=O) groups excluding carboxylic acids is 1. The van der Waals surface area contributed by atoms with Crippen LogP contribution in [0.2, 0.25) is 0 Å². The molecule has 0 heterocycles. The van der Waals surface area contributed by atoms with Crippen LogP contribution in [-0.4, -0.2) is 11.8 Å². The fourth-order valence-electron chi connectivity index (χ4n) is 1.98. The highest BCUT2D eigenvalue weighted by atomic mass is 19.2. The first-order valence-electron chi connectivity index (χ1n) is 5.67. The lowest BCUT2D eigenvalue weighted by Gasteiger charge is -2.28. The van der Waals surface area contributed by atoms with Gasteiger partial charge in [0.15, 0.2) is 0 Å². The molecule has 1 aromatic carbocycles. The Hall–Kier alpha value is -1.38. The Balaban J connectivity index is 2.01. The lowest BCUT2D eigenvalue weighted by atomic mass is 9.95. The van der Waals surface area contributed by atoms with Crippen LogP contribution in [0.1, 0.15) is 42.5 Å². The summed E-state index contributed by atoms with van der Waals surface area (Å²) in [6.07, 6.45) is 3.25. The Morgan fingerprint density at radius 3 is 2.38 bits per heavy atom. The minimum atomic E-state index is -1.74. The molecule has 1 aromatic rings. The molecule has 1 fully saturated rings. The average molecular weight is 222 g/mol. The molecule has 2 rings (SSSR count). The zero-order valence-corrected chi connectivity index (χ0v) is 9.12. The van der Waals surface area contributed by atoms with E-state index in [-0.39, 0.29) is 0 Å². The van der Waals surface area contributed by atoms with Crippen molar-refractivity contribution in [2.45, 2.75) is 38.0 Å². The molecule has 0 spiro atoms. The third-order valence-corrected chi connectivity index (χ3v) is 2.89. The summed E-state index contributed by atoms with van der Waals surface area (Å²) in [5.74, 6) is -2.31. The predicted molar refractivity (Wildman–Crippen MR) is 58.8 cm³/mol. The van der Waals surface area contributed by atoms with Gasteiger partial charge >= 0.3 is 5.97 Å². The number of rotatable bonds is 2. The van der Waals surface area contributed by atoms with Crippen LogP contribution >= 0.6 is 0 Å². The van der Waals surface area contributed by atoms with Crippen molar-refractivity contribution in [1.29, 1.82) is 0 Å². The number of alkyl halides is 1. The van der Waals surface area contributed by atoms with Crippen LogP contribution in [0, 0.1) is 0 Å². The van der Waals surface area contributed by atoms with E-state index >= 15 is 0 Å². The summed E-state index contributed by atoms with van der Waals surface area (Å²) < 4.78 is 19.0. The maximum absolute atomic E-state index is 14.1. The second-order valence-corrected chi connectivity index (χ2v) is 4.20. The Bertz CT molecular complexity index is 355. The van der Waals surface area contributed by atoms with Gasteiger partial charge in [-0.05, 0) is 25.0 Å². The summed E-state index contributed by atoms with van der Waals surface area (Å²) in [5, 5.41) is 0. The van der Waals surface area contributed by atoms with Crippen molar-refractivity contribution < 1.29 is 13.9 Å². The molecule has 16 heavy (non-hydrogen) atoms. The van der Waals surface area contributed by atoms with Crippen molar-refractivity contribution in [3.8, 4) is 0 Å². The molecular weight excluding hydrogens is 207 g/mol. The van der Waals surface area contributed by atoms with Gasteiger partial charge in [-0.1, -0.05) is 24.6 Å². The molecule has 0 atom stereocenters. The van der Waals surface area contributed by atoms with E-state index in [0.29, 0.717) is 18.4 Å². The van der Waals surface area contributed by atoms with Crippen LogP contribution in [-0.2, 0) is 4.74 Å². The number of ether oxygens (including phenoxy) is 1. The van der Waals surface area contributed by atoms with E-state index < -0.39 is 11.8 Å². The van der Waals surface area contributed by atoms with Gasteiger partial charge in [0.25, 0.3) is 5.85 Å². The summed E-state index contributed by atoms with van der Waals surface area (Å²) in [4.78, 5) is 11.7. The second kappa shape index (κ2) is 4.64. The lowest BCUT2D eigenvalue weighted by molar-refractivity contribution is -0.124. The molecule has 1 saturated carbocycles. The molecule has 1 aliphatic carbocycles. The largest absolute Gasteiger partial charge is 0.425 e. The minimum absolute atomic E-state index is 0.325. The van der Waals surface area contributed by atoms with Gasteiger partial charge < -0.3 is 4.74 Å². The Kier molecular flexibility index (Phi) is 3.22. The maximum Gasteiger partial charge on any atom is 0.340 e. The summed E-state index contributed by atoms with van der Waals surface area (Å²) in [6, 6.07) is 8.55. The number of esters is 1. The molecule has 2 nitrogen and oxygen atoms in total. The van der Waals surface area contributed by atoms with Crippen molar-refractivity contribution in [2.75, 3.05) is 0 Å². The van der Waals surface area contributed by atoms with Gasteiger partial charge in [-0.15, -0.1) is 0 Å². The number of hydrogen-bond donors (Lipinski definition) is 0. The van der Waals surface area contributed by atoms with Crippen molar-refractivity contribution in [3.63, 3.8) is 0 Å². The highest BCUT2D eigenvalue weighted by molar-refractivity contribution is 5.89. The van der Waals surface area contributed by atoms with Gasteiger partial charge in [0, 0.05) is 12.8 Å². The van der Waals surface area contributed by atoms with Crippen LogP contribution < -0.4 is 0 Å². The molecule has 1 aliphatic rings. The van der Waals surface area contributed by atoms with E-state index in [4.69, 9.17) is 4.74 Å². The molecule has 0 aliphatic heterocycles. The molecular formula is C13H15FO2. The van der Waals surface area contributed by atoms with Crippen LogP contribution in [0.25, 0.3) is 0 Å². The molecule has 3 heteroatoms. The van der Waals surface area contributed by atoms with Crippen LogP contribution in [0.3, 0.4) is 0 Å². The average Bonchev–Trinajstić information content (AvgIpc) is 2.30. The first kappa shape index (κ1) is 11.1. The standard InChI is InChI=1S/C13H15FO2/c14-13(9-5-2-6-10-13)16-12(15)11-7-3-1-4-8-11/h1,3-4,7-8H,2,5-6,9-10H2. The Morgan fingerprint density at radius 1 is 1.12 bits per heavy atom. The van der Waals surface area contributed by atoms with E-state index in [1.165, 1.54) is 0 Å². The summed E-state index contributed by atoms with van der Waals surface area (Å²) in [6.45, 7) is 0. The quantitative estimate of drug-likeness (QED) is 0.716. The van der Waals surface area contributed by atoms with Crippen molar-refractivity contribution >= 4 is 5.97 Å². The first-order chi connectivity index (χ1) is 7.70. The molecule has 0 aromatic heterocycles. The third-order valence-electron chi connectivity index (χ3n) is 2.89. The summed E-state index contributed by atoms with van der Waals surface area (Å²) >= 11 is 0. The zero-order valence-electron chi connectivity index (χ0n) is 9.12. The fraction of sp³-hybridized carbons (Fsp3) is 0.462. The molecule has 0 saturated heterocycles. The smallest absolute Gasteiger partial charge is 0.340 e. The normalized spacial score (nSPS) is 19.1. The molecule has 0 bridgehead atoms. The van der Waals surface area contributed by atoms with E-state index in [9.17, 15) is 9.18 Å². The van der Waals surface area contributed by atoms with Crippen molar-refractivity contribution in [3.05, 3.63) is 35.9 Å². The number of carbonyl (C=O) groups is 1. The van der Waals surface area contributed by atoms with Crippen molar-refractivity contribution in [1.82, 2.24) is 0 Å². The van der Waals surface area contributed by atoms with Crippen LogP contribution in [0.4, 0.5) is 4.39 Å². The monoisotopic (exact) mass is 222 g/mol. The summed E-state index contributed by atoms with van der Waals surface area (Å²) in [5.41, 5.74) is 0.407. The minimum Gasteiger partial charge on any atom is -0.425 e. The maximum atomic E-state index is 14.1. The molecule has 86 valence electrons. The summed E-state index contributed by atoms with van der Waals surface area (Å²) in [7, 11) is 0. The predicted octanol–water partition coefficient (Wildman–Crippen LogP) is 3.47. The number of benzene rings is 1. The highest BCUT2D eigenvalue weighted by Gasteiger charge is 2.35. The number of hydrogen-bond acceptors (Lipinski definition) is 2. The van der Waals surface area contributed by atoms with E-state index in [1.807, 2.05) is 6.07 Å². The van der Waals surface area contributed by atoms with Crippen LogP contribution in [0.15, 0.2) is 30.3 Å². The van der Waals surface area contributed by atoms with Gasteiger partial charge in [0.05, 0.1) is 5.56 Å². The molecule has 0 amide bonds. The van der Waals surface area contributed by atoms with Gasteiger partial charge in [-0.2, -0.15) is 4.39 Å². The van der Waals surface area contributed by atoms with Crippen LogP contribution in [0.5, 0.6) is 0 Å². The van der Waals surface area contributed by atoms with Gasteiger partial charge in [0.2, 0.25) is 0 Å². The topological polar surface area (TPSA) is 26.3 Å². The molecule has 0 N–H and O–H groups in total. The van der Waals surface area contributed by atoms with E-state index in [0.717, 1.165) is 19.3 Å².